The fourth-order valence-corrected chi connectivity index (χ4v) is 2.56. The minimum Gasteiger partial charge on any atom is -0.335 e. The van der Waals surface area contributed by atoms with Gasteiger partial charge < -0.3 is 10.6 Å². The summed E-state index contributed by atoms with van der Waals surface area (Å²) in [5, 5.41) is 16.2. The molecule has 0 bridgehead atoms. The molecule has 118 valence electrons. The Hall–Kier alpha value is -2.45. The Bertz CT molecular complexity index is 653. The molecule has 0 aromatic carbocycles. The van der Waals surface area contributed by atoms with E-state index < -0.39 is 13.0 Å². The zero-order valence-corrected chi connectivity index (χ0v) is 11.7. The van der Waals surface area contributed by atoms with Crippen LogP contribution >= 0.6 is 0 Å². The first-order chi connectivity index (χ1) is 10.6. The van der Waals surface area contributed by atoms with Crippen molar-refractivity contribution in [3.63, 3.8) is 0 Å². The summed E-state index contributed by atoms with van der Waals surface area (Å²) < 4.78 is 25.6. The number of hydrogen-bond acceptors (Lipinski definition) is 3. The van der Waals surface area contributed by atoms with Gasteiger partial charge in [-0.05, 0) is 24.8 Å². The number of nitrogens with zero attached hydrogens (tertiary/aromatic N) is 3. The lowest BCUT2D eigenvalue weighted by Gasteiger charge is -2.22. The molecule has 22 heavy (non-hydrogen) atoms. The molecule has 9 heteroatoms. The van der Waals surface area contributed by atoms with Crippen LogP contribution in [0.15, 0.2) is 18.6 Å². The zero-order valence-electron chi connectivity index (χ0n) is 11.7. The van der Waals surface area contributed by atoms with E-state index in [0.29, 0.717) is 5.69 Å². The normalized spacial score (nSPS) is 17.3. The molecular weight excluding hydrogens is 294 g/mol. The molecule has 2 heterocycles. The van der Waals surface area contributed by atoms with Crippen molar-refractivity contribution in [1.82, 2.24) is 25.3 Å². The molecule has 1 aliphatic carbocycles. The van der Waals surface area contributed by atoms with E-state index in [4.69, 9.17) is 0 Å². The van der Waals surface area contributed by atoms with E-state index in [-0.39, 0.29) is 12.1 Å². The number of aryl methyl sites for hydroxylation is 1. The highest BCUT2D eigenvalue weighted by molar-refractivity contribution is 5.89. The molecule has 1 atom stereocenters. The quantitative estimate of drug-likeness (QED) is 0.800. The van der Waals surface area contributed by atoms with Gasteiger partial charge in [0.25, 0.3) is 6.43 Å². The average Bonchev–Trinajstić information content (AvgIpc) is 3.06. The highest BCUT2D eigenvalue weighted by Crippen LogP contribution is 2.19. The van der Waals surface area contributed by atoms with E-state index in [1.807, 2.05) is 0 Å². The summed E-state index contributed by atoms with van der Waals surface area (Å²) in [6.07, 6.45) is 4.41. The van der Waals surface area contributed by atoms with Crippen LogP contribution in [0.3, 0.4) is 0 Å². The van der Waals surface area contributed by atoms with Crippen LogP contribution in [0.2, 0.25) is 0 Å². The SMILES string of the molecule is O=C(Nc1cnn(CC(F)F)c1)NC1CCc2[nH]ncc2C1. The second-order valence-corrected chi connectivity index (χ2v) is 5.25. The Balaban J connectivity index is 1.51. The van der Waals surface area contributed by atoms with Gasteiger partial charge in [-0.25, -0.2) is 13.6 Å². The lowest BCUT2D eigenvalue weighted by molar-refractivity contribution is 0.122. The second kappa shape index (κ2) is 6.12. The number of urea groups is 1. The number of amides is 2. The first-order valence-corrected chi connectivity index (χ1v) is 6.99. The third kappa shape index (κ3) is 3.41. The number of rotatable bonds is 4. The Kier molecular flexibility index (Phi) is 4.03. The number of nitrogens with one attached hydrogen (secondary N) is 3. The van der Waals surface area contributed by atoms with Gasteiger partial charge >= 0.3 is 6.03 Å². The number of hydrogen-bond donors (Lipinski definition) is 3. The molecule has 1 aliphatic rings. The van der Waals surface area contributed by atoms with E-state index in [1.165, 1.54) is 12.4 Å². The van der Waals surface area contributed by atoms with Gasteiger partial charge in [0.15, 0.2) is 0 Å². The number of aromatic nitrogens is 4. The van der Waals surface area contributed by atoms with Crippen LogP contribution in [0, 0.1) is 0 Å². The monoisotopic (exact) mass is 310 g/mol. The highest BCUT2D eigenvalue weighted by atomic mass is 19.3. The number of carbonyl (C=O) groups is 1. The van der Waals surface area contributed by atoms with Crippen molar-refractivity contribution in [2.75, 3.05) is 5.32 Å². The largest absolute Gasteiger partial charge is 0.335 e. The third-order valence-corrected chi connectivity index (χ3v) is 3.57. The molecule has 0 aliphatic heterocycles. The maximum absolute atomic E-state index is 12.2. The number of alkyl halides is 2. The van der Waals surface area contributed by atoms with Crippen LogP contribution in [-0.4, -0.2) is 38.5 Å². The zero-order chi connectivity index (χ0) is 15.5. The molecule has 0 radical (unpaired) electrons. The summed E-state index contributed by atoms with van der Waals surface area (Å²) in [4.78, 5) is 11.9. The van der Waals surface area contributed by atoms with Crippen LogP contribution in [0.1, 0.15) is 17.7 Å². The van der Waals surface area contributed by atoms with Crippen molar-refractivity contribution < 1.29 is 13.6 Å². The molecular formula is C13H16F2N6O. The van der Waals surface area contributed by atoms with E-state index in [2.05, 4.69) is 25.9 Å². The summed E-state index contributed by atoms with van der Waals surface area (Å²) in [7, 11) is 0. The minimum atomic E-state index is -2.48. The van der Waals surface area contributed by atoms with E-state index >= 15 is 0 Å². The van der Waals surface area contributed by atoms with Crippen molar-refractivity contribution in [1.29, 1.82) is 0 Å². The predicted octanol–water partition coefficient (Wildman–Crippen LogP) is 1.55. The molecule has 0 spiro atoms. The van der Waals surface area contributed by atoms with Gasteiger partial charge in [-0.2, -0.15) is 10.2 Å². The van der Waals surface area contributed by atoms with Crippen molar-refractivity contribution in [2.45, 2.75) is 38.3 Å². The Morgan fingerprint density at radius 3 is 3.18 bits per heavy atom. The van der Waals surface area contributed by atoms with Crippen molar-refractivity contribution in [3.05, 3.63) is 29.8 Å². The summed E-state index contributed by atoms with van der Waals surface area (Å²) in [5.74, 6) is 0. The maximum atomic E-state index is 12.2. The van der Waals surface area contributed by atoms with Crippen LogP contribution in [0.25, 0.3) is 0 Å². The van der Waals surface area contributed by atoms with Crippen molar-refractivity contribution >= 4 is 11.7 Å². The number of fused-ring (bicyclic) bond motifs is 1. The fraction of sp³-hybridized carbons (Fsp3) is 0.462. The molecule has 0 fully saturated rings. The molecule has 7 nitrogen and oxygen atoms in total. The molecule has 3 N–H and O–H groups in total. The van der Waals surface area contributed by atoms with E-state index in [1.54, 1.807) is 6.20 Å². The Morgan fingerprint density at radius 1 is 1.50 bits per heavy atom. The fourth-order valence-electron chi connectivity index (χ4n) is 2.56. The number of carbonyl (C=O) groups excluding carboxylic acids is 1. The van der Waals surface area contributed by atoms with Crippen LogP contribution in [0.5, 0.6) is 0 Å². The van der Waals surface area contributed by atoms with Gasteiger partial charge in [0, 0.05) is 17.9 Å². The number of aromatic amines is 1. The third-order valence-electron chi connectivity index (χ3n) is 3.57. The van der Waals surface area contributed by atoms with Gasteiger partial charge in [-0.15, -0.1) is 0 Å². The van der Waals surface area contributed by atoms with E-state index in [9.17, 15) is 13.6 Å². The van der Waals surface area contributed by atoms with E-state index in [0.717, 1.165) is 35.2 Å². The summed E-state index contributed by atoms with van der Waals surface area (Å²) in [6.45, 7) is -0.491. The highest BCUT2D eigenvalue weighted by Gasteiger charge is 2.21. The first kappa shape index (κ1) is 14.5. The molecule has 0 saturated heterocycles. The van der Waals surface area contributed by atoms with Gasteiger partial charge in [-0.3, -0.25) is 9.78 Å². The Labute approximate surface area is 125 Å². The average molecular weight is 310 g/mol. The smallest absolute Gasteiger partial charge is 0.319 e. The minimum absolute atomic E-state index is 0.0289. The molecule has 2 amide bonds. The first-order valence-electron chi connectivity index (χ1n) is 6.99. The maximum Gasteiger partial charge on any atom is 0.319 e. The van der Waals surface area contributed by atoms with Crippen LogP contribution in [0.4, 0.5) is 19.3 Å². The molecule has 3 rings (SSSR count). The lowest BCUT2D eigenvalue weighted by atomic mass is 9.94. The number of halogens is 2. The number of H-pyrrole nitrogens is 1. The molecule has 1 unspecified atom stereocenters. The predicted molar refractivity (Wildman–Crippen MR) is 74.8 cm³/mol. The summed E-state index contributed by atoms with van der Waals surface area (Å²) in [5.41, 5.74) is 2.62. The van der Waals surface area contributed by atoms with Crippen LogP contribution in [-0.2, 0) is 19.4 Å². The topological polar surface area (TPSA) is 87.6 Å². The van der Waals surface area contributed by atoms with Gasteiger partial charge in [0.2, 0.25) is 0 Å². The molecule has 0 saturated carbocycles. The van der Waals surface area contributed by atoms with Gasteiger partial charge in [-0.1, -0.05) is 0 Å². The number of anilines is 1. The molecule has 2 aromatic heterocycles. The van der Waals surface area contributed by atoms with Crippen molar-refractivity contribution in [2.24, 2.45) is 0 Å². The summed E-state index contributed by atoms with van der Waals surface area (Å²) >= 11 is 0. The summed E-state index contributed by atoms with van der Waals surface area (Å²) in [6, 6.07) is -0.338. The standard InChI is InChI=1S/C13H16F2N6O/c14-12(15)7-21-6-10(5-17-21)19-13(22)18-9-1-2-11-8(3-9)4-16-20-11/h4-6,9,12H,1-3,7H2,(H,16,20)(H2,18,19,22). The van der Waals surface area contributed by atoms with Gasteiger partial charge in [0.1, 0.15) is 6.54 Å². The second-order valence-electron chi connectivity index (χ2n) is 5.25. The molecule has 2 aromatic rings. The Morgan fingerprint density at radius 2 is 2.36 bits per heavy atom. The van der Waals surface area contributed by atoms with Gasteiger partial charge in [0.05, 0.1) is 18.1 Å². The lowest BCUT2D eigenvalue weighted by Crippen LogP contribution is -2.41. The van der Waals surface area contributed by atoms with Crippen molar-refractivity contribution in [3.8, 4) is 0 Å². The van der Waals surface area contributed by atoms with Crippen LogP contribution < -0.4 is 10.6 Å².